The lowest BCUT2D eigenvalue weighted by molar-refractivity contribution is 0.282. The molecular formula is C15H12Br2Cl2O2. The molecule has 0 aliphatic carbocycles. The molecule has 0 aromatic heterocycles. The number of rotatable bonds is 5. The molecular weight excluding hydrogens is 443 g/mol. The fraction of sp³-hybridized carbons (Fsp3) is 0.200. The molecule has 0 aliphatic heterocycles. The van der Waals surface area contributed by atoms with Crippen LogP contribution in [0, 0.1) is 0 Å². The van der Waals surface area contributed by atoms with Crippen molar-refractivity contribution in [2.45, 2.75) is 11.9 Å². The molecule has 2 aromatic carbocycles. The number of hydrogen-bond donors (Lipinski definition) is 0. The van der Waals surface area contributed by atoms with Crippen LogP contribution in [0.5, 0.6) is 11.5 Å². The monoisotopic (exact) mass is 452 g/mol. The van der Waals surface area contributed by atoms with Gasteiger partial charge in [-0.25, -0.2) is 0 Å². The highest BCUT2D eigenvalue weighted by Gasteiger charge is 2.13. The maximum atomic E-state index is 6.14. The van der Waals surface area contributed by atoms with E-state index in [0.29, 0.717) is 21.5 Å². The second kappa shape index (κ2) is 7.73. The highest BCUT2D eigenvalue weighted by Crippen LogP contribution is 2.38. The molecule has 0 saturated heterocycles. The Hall–Kier alpha value is -0.420. The lowest BCUT2D eigenvalue weighted by Gasteiger charge is -2.15. The Balaban J connectivity index is 2.28. The van der Waals surface area contributed by atoms with Gasteiger partial charge in [0.2, 0.25) is 0 Å². The van der Waals surface area contributed by atoms with Crippen LogP contribution in [0.4, 0.5) is 0 Å². The lowest BCUT2D eigenvalue weighted by Crippen LogP contribution is -2.00. The van der Waals surface area contributed by atoms with E-state index in [1.54, 1.807) is 25.3 Å². The first-order valence-electron chi connectivity index (χ1n) is 6.05. The average molecular weight is 455 g/mol. The summed E-state index contributed by atoms with van der Waals surface area (Å²) in [5, 5.41) is 1.89. The maximum Gasteiger partial charge on any atom is 0.175 e. The second-order valence-corrected chi connectivity index (χ2v) is 6.46. The van der Waals surface area contributed by atoms with E-state index < -0.39 is 0 Å². The van der Waals surface area contributed by atoms with Crippen molar-refractivity contribution < 1.29 is 9.47 Å². The highest BCUT2D eigenvalue weighted by molar-refractivity contribution is 9.10. The molecule has 6 heteroatoms. The van der Waals surface area contributed by atoms with Gasteiger partial charge in [-0.2, -0.15) is 0 Å². The Morgan fingerprint density at radius 2 is 1.81 bits per heavy atom. The summed E-state index contributed by atoms with van der Waals surface area (Å²) < 4.78 is 12.0. The van der Waals surface area contributed by atoms with Crippen molar-refractivity contribution in [3.05, 3.63) is 56.0 Å². The van der Waals surface area contributed by atoms with Crippen LogP contribution >= 0.6 is 55.1 Å². The molecule has 0 unspecified atom stereocenters. The minimum Gasteiger partial charge on any atom is -0.493 e. The van der Waals surface area contributed by atoms with Crippen LogP contribution in [-0.2, 0) is 11.9 Å². The largest absolute Gasteiger partial charge is 0.493 e. The number of methoxy groups -OCH3 is 1. The summed E-state index contributed by atoms with van der Waals surface area (Å²) in [5.74, 6) is 1.28. The van der Waals surface area contributed by atoms with Crippen LogP contribution in [0.3, 0.4) is 0 Å². The zero-order valence-electron chi connectivity index (χ0n) is 11.1. The van der Waals surface area contributed by atoms with E-state index in [1.807, 2.05) is 12.1 Å². The molecule has 112 valence electrons. The highest BCUT2D eigenvalue weighted by atomic mass is 79.9. The van der Waals surface area contributed by atoms with E-state index >= 15 is 0 Å². The van der Waals surface area contributed by atoms with Crippen molar-refractivity contribution in [1.29, 1.82) is 0 Å². The first-order valence-corrected chi connectivity index (χ1v) is 8.72. The molecule has 0 fully saturated rings. The Morgan fingerprint density at radius 1 is 1.14 bits per heavy atom. The number of benzene rings is 2. The Bertz CT molecular complexity index is 628. The van der Waals surface area contributed by atoms with Gasteiger partial charge >= 0.3 is 0 Å². The summed E-state index contributed by atoms with van der Waals surface area (Å²) in [6.45, 7) is 0.265. The summed E-state index contributed by atoms with van der Waals surface area (Å²) in [5.41, 5.74) is 1.83. The molecule has 2 aromatic rings. The standard InChI is InChI=1S/C15H12Br2Cl2O2/c1-20-14-6-9(7-16)5-11(17)15(14)21-8-10-12(18)3-2-4-13(10)19/h2-6H,7-8H2,1H3. The van der Waals surface area contributed by atoms with E-state index in [1.165, 1.54) is 0 Å². The van der Waals surface area contributed by atoms with Gasteiger partial charge in [-0.1, -0.05) is 45.2 Å². The predicted molar refractivity (Wildman–Crippen MR) is 94.1 cm³/mol. The van der Waals surface area contributed by atoms with Gasteiger partial charge in [0.15, 0.2) is 11.5 Å². The smallest absolute Gasteiger partial charge is 0.175 e. The first-order chi connectivity index (χ1) is 10.1. The third kappa shape index (κ3) is 4.07. The number of halogens is 4. The number of ether oxygens (including phenoxy) is 2. The van der Waals surface area contributed by atoms with Gasteiger partial charge in [0, 0.05) is 20.9 Å². The van der Waals surface area contributed by atoms with Crippen LogP contribution in [-0.4, -0.2) is 7.11 Å². The summed E-state index contributed by atoms with van der Waals surface area (Å²) >= 11 is 19.2. The average Bonchev–Trinajstić information content (AvgIpc) is 2.47. The fourth-order valence-corrected chi connectivity index (χ4v) is 3.24. The van der Waals surface area contributed by atoms with Crippen molar-refractivity contribution in [2.75, 3.05) is 7.11 Å². The molecule has 0 bridgehead atoms. The molecule has 0 saturated carbocycles. The van der Waals surface area contributed by atoms with Gasteiger partial charge in [-0.05, 0) is 45.8 Å². The zero-order chi connectivity index (χ0) is 15.4. The third-order valence-corrected chi connectivity index (χ3v) is 4.81. The third-order valence-electron chi connectivity index (χ3n) is 2.87. The summed E-state index contributed by atoms with van der Waals surface area (Å²) in [7, 11) is 1.61. The van der Waals surface area contributed by atoms with Crippen molar-refractivity contribution in [3.8, 4) is 11.5 Å². The van der Waals surface area contributed by atoms with Gasteiger partial charge in [0.25, 0.3) is 0 Å². The second-order valence-electron chi connectivity index (χ2n) is 4.23. The van der Waals surface area contributed by atoms with E-state index in [4.69, 9.17) is 32.7 Å². The molecule has 21 heavy (non-hydrogen) atoms. The lowest BCUT2D eigenvalue weighted by atomic mass is 10.2. The van der Waals surface area contributed by atoms with E-state index in [9.17, 15) is 0 Å². The minimum atomic E-state index is 0.265. The predicted octanol–water partition coefficient (Wildman–Crippen LogP) is 6.24. The van der Waals surface area contributed by atoms with Gasteiger partial charge in [0.1, 0.15) is 6.61 Å². The molecule has 0 heterocycles. The SMILES string of the molecule is COc1cc(CBr)cc(Br)c1OCc1c(Cl)cccc1Cl. The minimum absolute atomic E-state index is 0.265. The van der Waals surface area contributed by atoms with E-state index in [0.717, 1.165) is 20.9 Å². The number of hydrogen-bond acceptors (Lipinski definition) is 2. The van der Waals surface area contributed by atoms with Crippen LogP contribution in [0.25, 0.3) is 0 Å². The summed E-state index contributed by atoms with van der Waals surface area (Å²) in [4.78, 5) is 0. The van der Waals surface area contributed by atoms with Gasteiger partial charge in [-0.15, -0.1) is 0 Å². The molecule has 0 radical (unpaired) electrons. The Morgan fingerprint density at radius 3 is 2.38 bits per heavy atom. The van der Waals surface area contributed by atoms with Crippen LogP contribution < -0.4 is 9.47 Å². The summed E-state index contributed by atoms with van der Waals surface area (Å²) in [6, 6.07) is 9.26. The quantitative estimate of drug-likeness (QED) is 0.498. The summed E-state index contributed by atoms with van der Waals surface area (Å²) in [6.07, 6.45) is 0. The van der Waals surface area contributed by atoms with Gasteiger partial charge in [-0.3, -0.25) is 0 Å². The Labute approximate surface area is 150 Å². The molecule has 2 nitrogen and oxygen atoms in total. The number of alkyl halides is 1. The van der Waals surface area contributed by atoms with Crippen molar-refractivity contribution >= 4 is 55.1 Å². The molecule has 0 aliphatic rings. The van der Waals surface area contributed by atoms with E-state index in [-0.39, 0.29) is 6.61 Å². The van der Waals surface area contributed by atoms with Gasteiger partial charge < -0.3 is 9.47 Å². The van der Waals surface area contributed by atoms with E-state index in [2.05, 4.69) is 31.9 Å². The zero-order valence-corrected chi connectivity index (χ0v) is 15.8. The van der Waals surface area contributed by atoms with Crippen molar-refractivity contribution in [1.82, 2.24) is 0 Å². The molecule has 0 spiro atoms. The topological polar surface area (TPSA) is 18.5 Å². The molecule has 0 amide bonds. The Kier molecular flexibility index (Phi) is 6.23. The van der Waals surface area contributed by atoms with Crippen LogP contribution in [0.1, 0.15) is 11.1 Å². The van der Waals surface area contributed by atoms with Crippen molar-refractivity contribution in [3.63, 3.8) is 0 Å². The van der Waals surface area contributed by atoms with Gasteiger partial charge in [0.05, 0.1) is 11.6 Å². The van der Waals surface area contributed by atoms with Crippen LogP contribution in [0.15, 0.2) is 34.8 Å². The fourth-order valence-electron chi connectivity index (χ4n) is 1.81. The van der Waals surface area contributed by atoms with Crippen LogP contribution in [0.2, 0.25) is 10.0 Å². The van der Waals surface area contributed by atoms with Crippen molar-refractivity contribution in [2.24, 2.45) is 0 Å². The maximum absolute atomic E-state index is 6.14. The first kappa shape index (κ1) is 16.9. The molecule has 0 atom stereocenters. The molecule has 2 rings (SSSR count). The molecule has 0 N–H and O–H groups in total. The normalized spacial score (nSPS) is 10.5.